The summed E-state index contributed by atoms with van der Waals surface area (Å²) in [4.78, 5) is 24.8. The van der Waals surface area contributed by atoms with Crippen LogP contribution in [0.25, 0.3) is 0 Å². The number of unbranched alkanes of at least 4 members (excludes halogenated alkanes) is 3. The molecule has 0 radical (unpaired) electrons. The van der Waals surface area contributed by atoms with Crippen LogP contribution in [0.15, 0.2) is 12.2 Å². The highest BCUT2D eigenvalue weighted by molar-refractivity contribution is 5.82. The zero-order valence-electron chi connectivity index (χ0n) is 14.9. The van der Waals surface area contributed by atoms with Gasteiger partial charge in [-0.1, -0.05) is 44.8 Å². The molecule has 0 heterocycles. The summed E-state index contributed by atoms with van der Waals surface area (Å²) in [5.41, 5.74) is 0. The highest BCUT2D eigenvalue weighted by atomic mass is 16.5. The zero-order valence-corrected chi connectivity index (χ0v) is 14.9. The number of hydrogen-bond donors (Lipinski definition) is 0. The topological polar surface area (TPSA) is 52.6 Å². The average molecular weight is 324 g/mol. The molecule has 0 saturated heterocycles. The fourth-order valence-corrected chi connectivity index (χ4v) is 3.32. The molecule has 0 aliphatic heterocycles. The Kier molecular flexibility index (Phi) is 9.65. The number of carbonyl (C=O) groups excluding carboxylic acids is 2. The Morgan fingerprint density at radius 1 is 1.00 bits per heavy atom. The molecule has 0 bridgehead atoms. The van der Waals surface area contributed by atoms with Gasteiger partial charge in [-0.25, -0.2) is 0 Å². The van der Waals surface area contributed by atoms with Gasteiger partial charge in [0.2, 0.25) is 0 Å². The second kappa shape index (κ2) is 11.3. The van der Waals surface area contributed by atoms with Gasteiger partial charge in [0, 0.05) is 0 Å². The van der Waals surface area contributed by atoms with Gasteiger partial charge in [0.25, 0.3) is 0 Å². The van der Waals surface area contributed by atoms with E-state index < -0.39 is 5.92 Å². The first-order valence-electron chi connectivity index (χ1n) is 9.15. The van der Waals surface area contributed by atoms with Crippen LogP contribution in [0, 0.1) is 17.8 Å². The summed E-state index contributed by atoms with van der Waals surface area (Å²) in [6, 6.07) is 0. The summed E-state index contributed by atoms with van der Waals surface area (Å²) < 4.78 is 10.5. The van der Waals surface area contributed by atoms with Crippen LogP contribution >= 0.6 is 0 Å². The Hall–Kier alpha value is -1.32. The van der Waals surface area contributed by atoms with E-state index in [1.165, 1.54) is 19.3 Å². The van der Waals surface area contributed by atoms with Crippen molar-refractivity contribution in [3.63, 3.8) is 0 Å². The maximum atomic E-state index is 12.5. The summed E-state index contributed by atoms with van der Waals surface area (Å²) in [5.74, 6) is -1.23. The molecule has 3 atom stereocenters. The van der Waals surface area contributed by atoms with E-state index in [2.05, 4.69) is 19.1 Å². The van der Waals surface area contributed by atoms with Crippen molar-refractivity contribution in [1.29, 1.82) is 0 Å². The van der Waals surface area contributed by atoms with Gasteiger partial charge in [-0.05, 0) is 39.0 Å². The lowest BCUT2D eigenvalue weighted by Crippen LogP contribution is -2.36. The molecular formula is C19H32O4. The van der Waals surface area contributed by atoms with E-state index in [1.54, 1.807) is 13.8 Å². The van der Waals surface area contributed by atoms with Crippen LogP contribution < -0.4 is 0 Å². The van der Waals surface area contributed by atoms with Crippen LogP contribution in [0.3, 0.4) is 0 Å². The second-order valence-corrected chi connectivity index (χ2v) is 6.16. The maximum absolute atomic E-state index is 12.5. The molecule has 23 heavy (non-hydrogen) atoms. The molecule has 0 aromatic rings. The maximum Gasteiger partial charge on any atom is 0.310 e. The van der Waals surface area contributed by atoms with Crippen LogP contribution in [-0.2, 0) is 19.1 Å². The summed E-state index contributed by atoms with van der Waals surface area (Å²) in [5, 5.41) is 0. The SMILES string of the molecule is CCCCCCC1C=CCCC(C(=O)OCC)C1C(=O)OCC. The number of hydrogen-bond acceptors (Lipinski definition) is 4. The summed E-state index contributed by atoms with van der Waals surface area (Å²) in [6.07, 6.45) is 11.3. The molecule has 0 fully saturated rings. The predicted molar refractivity (Wildman–Crippen MR) is 90.9 cm³/mol. The van der Waals surface area contributed by atoms with E-state index in [1.807, 2.05) is 0 Å². The van der Waals surface area contributed by atoms with Crippen molar-refractivity contribution < 1.29 is 19.1 Å². The molecule has 3 unspecified atom stereocenters. The Morgan fingerprint density at radius 2 is 1.70 bits per heavy atom. The Balaban J connectivity index is 2.87. The first-order chi connectivity index (χ1) is 11.2. The van der Waals surface area contributed by atoms with E-state index in [0.717, 1.165) is 19.3 Å². The van der Waals surface area contributed by atoms with Gasteiger partial charge in [-0.3, -0.25) is 9.59 Å². The first kappa shape index (κ1) is 19.7. The molecule has 4 heteroatoms. The van der Waals surface area contributed by atoms with Gasteiger partial charge in [0.15, 0.2) is 0 Å². The molecule has 1 rings (SSSR count). The van der Waals surface area contributed by atoms with Crippen LogP contribution in [0.5, 0.6) is 0 Å². The Morgan fingerprint density at radius 3 is 2.35 bits per heavy atom. The van der Waals surface area contributed by atoms with Crippen LogP contribution in [0.4, 0.5) is 0 Å². The Labute approximate surface area is 140 Å². The van der Waals surface area contributed by atoms with Gasteiger partial charge in [-0.2, -0.15) is 0 Å². The lowest BCUT2D eigenvalue weighted by Gasteiger charge is -2.27. The van der Waals surface area contributed by atoms with Gasteiger partial charge in [0.1, 0.15) is 0 Å². The highest BCUT2D eigenvalue weighted by Crippen LogP contribution is 2.35. The lowest BCUT2D eigenvalue weighted by atomic mass is 9.78. The van der Waals surface area contributed by atoms with E-state index in [-0.39, 0.29) is 23.8 Å². The van der Waals surface area contributed by atoms with Crippen molar-refractivity contribution in [2.75, 3.05) is 13.2 Å². The second-order valence-electron chi connectivity index (χ2n) is 6.16. The molecule has 4 nitrogen and oxygen atoms in total. The number of ether oxygens (including phenoxy) is 2. The normalized spacial score (nSPS) is 24.0. The van der Waals surface area contributed by atoms with E-state index in [0.29, 0.717) is 19.6 Å². The molecule has 0 amide bonds. The van der Waals surface area contributed by atoms with Crippen molar-refractivity contribution in [3.8, 4) is 0 Å². The molecule has 1 aliphatic carbocycles. The average Bonchev–Trinajstić information content (AvgIpc) is 2.74. The van der Waals surface area contributed by atoms with Crippen LogP contribution in [0.2, 0.25) is 0 Å². The monoisotopic (exact) mass is 324 g/mol. The smallest absolute Gasteiger partial charge is 0.310 e. The molecule has 1 aliphatic rings. The van der Waals surface area contributed by atoms with Gasteiger partial charge < -0.3 is 9.47 Å². The minimum atomic E-state index is -0.408. The molecule has 0 N–H and O–H groups in total. The third-order valence-electron chi connectivity index (χ3n) is 4.46. The van der Waals surface area contributed by atoms with Crippen molar-refractivity contribution in [3.05, 3.63) is 12.2 Å². The standard InChI is InChI=1S/C19H32O4/c1-4-7-8-9-12-15-13-10-11-14-16(18(20)22-5-2)17(15)19(21)23-6-3/h10,13,15-17H,4-9,11-12,14H2,1-3H3. The van der Waals surface area contributed by atoms with Crippen molar-refractivity contribution in [2.24, 2.45) is 17.8 Å². The molecule has 132 valence electrons. The summed E-state index contributed by atoms with van der Waals surface area (Å²) in [6.45, 7) is 6.48. The largest absolute Gasteiger partial charge is 0.466 e. The van der Waals surface area contributed by atoms with E-state index in [4.69, 9.17) is 9.47 Å². The third kappa shape index (κ3) is 6.36. The number of rotatable bonds is 9. The van der Waals surface area contributed by atoms with Crippen LogP contribution in [0.1, 0.15) is 65.7 Å². The number of carbonyl (C=O) groups is 2. The molecule has 0 spiro atoms. The summed E-state index contributed by atoms with van der Waals surface area (Å²) >= 11 is 0. The van der Waals surface area contributed by atoms with E-state index >= 15 is 0 Å². The predicted octanol–water partition coefficient (Wildman–Crippen LogP) is 4.28. The van der Waals surface area contributed by atoms with Gasteiger partial charge >= 0.3 is 11.9 Å². The number of allylic oxidation sites excluding steroid dienone is 2. The minimum absolute atomic E-state index is 0.0720. The first-order valence-corrected chi connectivity index (χ1v) is 9.15. The lowest BCUT2D eigenvalue weighted by molar-refractivity contribution is -0.162. The quantitative estimate of drug-likeness (QED) is 0.361. The highest BCUT2D eigenvalue weighted by Gasteiger charge is 2.40. The molecule has 0 aromatic carbocycles. The molecular weight excluding hydrogens is 292 g/mol. The van der Waals surface area contributed by atoms with Gasteiger partial charge in [0.05, 0.1) is 25.0 Å². The minimum Gasteiger partial charge on any atom is -0.466 e. The molecule has 0 saturated carbocycles. The summed E-state index contributed by atoms with van der Waals surface area (Å²) in [7, 11) is 0. The fourth-order valence-electron chi connectivity index (χ4n) is 3.32. The van der Waals surface area contributed by atoms with Gasteiger partial charge in [-0.15, -0.1) is 0 Å². The van der Waals surface area contributed by atoms with Crippen molar-refractivity contribution >= 4 is 11.9 Å². The van der Waals surface area contributed by atoms with Crippen LogP contribution in [-0.4, -0.2) is 25.2 Å². The number of esters is 2. The van der Waals surface area contributed by atoms with Crippen molar-refractivity contribution in [2.45, 2.75) is 65.7 Å². The fraction of sp³-hybridized carbons (Fsp3) is 0.789. The third-order valence-corrected chi connectivity index (χ3v) is 4.46. The zero-order chi connectivity index (χ0) is 17.1. The molecule has 0 aromatic heterocycles. The Bertz CT molecular complexity index is 389. The van der Waals surface area contributed by atoms with E-state index in [9.17, 15) is 9.59 Å². The van der Waals surface area contributed by atoms with Crippen molar-refractivity contribution in [1.82, 2.24) is 0 Å².